The summed E-state index contributed by atoms with van der Waals surface area (Å²) in [4.78, 5) is 4.69. The SMILES string of the molecule is Cc1cc(S(=O)(=O)NCCc2ncno2)sc1CN. The monoisotopic (exact) mass is 302 g/mol. The number of sulfonamides is 1. The van der Waals surface area contributed by atoms with Crippen LogP contribution in [0.5, 0.6) is 0 Å². The molecule has 0 aliphatic carbocycles. The third-order valence-electron chi connectivity index (χ3n) is 2.49. The van der Waals surface area contributed by atoms with Crippen molar-refractivity contribution >= 4 is 21.4 Å². The van der Waals surface area contributed by atoms with E-state index in [4.69, 9.17) is 10.3 Å². The van der Waals surface area contributed by atoms with Crippen LogP contribution in [-0.2, 0) is 23.0 Å². The molecule has 0 unspecified atom stereocenters. The van der Waals surface area contributed by atoms with Crippen LogP contribution in [0.15, 0.2) is 21.1 Å². The molecule has 2 aromatic rings. The highest BCUT2D eigenvalue weighted by Gasteiger charge is 2.18. The van der Waals surface area contributed by atoms with Gasteiger partial charge >= 0.3 is 0 Å². The Balaban J connectivity index is 2.01. The maximum absolute atomic E-state index is 12.0. The normalized spacial score (nSPS) is 11.9. The molecule has 0 spiro atoms. The van der Waals surface area contributed by atoms with Gasteiger partial charge in [0.15, 0.2) is 6.33 Å². The topological polar surface area (TPSA) is 111 Å². The van der Waals surface area contributed by atoms with E-state index in [-0.39, 0.29) is 10.8 Å². The van der Waals surface area contributed by atoms with Gasteiger partial charge in [0.1, 0.15) is 4.21 Å². The van der Waals surface area contributed by atoms with Crippen molar-refractivity contribution in [2.75, 3.05) is 6.54 Å². The zero-order chi connectivity index (χ0) is 13.9. The highest BCUT2D eigenvalue weighted by Crippen LogP contribution is 2.25. The lowest BCUT2D eigenvalue weighted by Gasteiger charge is -2.02. The van der Waals surface area contributed by atoms with Gasteiger partial charge in [-0.3, -0.25) is 0 Å². The fourth-order valence-corrected chi connectivity index (χ4v) is 4.04. The third-order valence-corrected chi connectivity index (χ3v) is 5.68. The zero-order valence-electron chi connectivity index (χ0n) is 10.3. The quantitative estimate of drug-likeness (QED) is 0.800. The lowest BCUT2D eigenvalue weighted by atomic mass is 10.3. The summed E-state index contributed by atoms with van der Waals surface area (Å²) in [6.07, 6.45) is 1.63. The first-order valence-corrected chi connectivity index (χ1v) is 7.87. The zero-order valence-corrected chi connectivity index (χ0v) is 11.9. The maximum Gasteiger partial charge on any atom is 0.250 e. The van der Waals surface area contributed by atoms with E-state index in [9.17, 15) is 8.42 Å². The Morgan fingerprint density at radius 3 is 2.89 bits per heavy atom. The van der Waals surface area contributed by atoms with Gasteiger partial charge in [0.05, 0.1) is 0 Å². The van der Waals surface area contributed by atoms with Gasteiger partial charge in [-0.15, -0.1) is 11.3 Å². The summed E-state index contributed by atoms with van der Waals surface area (Å²) in [5.74, 6) is 0.396. The van der Waals surface area contributed by atoms with Gasteiger partial charge < -0.3 is 10.3 Å². The molecular weight excluding hydrogens is 288 g/mol. The number of hydrogen-bond acceptors (Lipinski definition) is 7. The van der Waals surface area contributed by atoms with Crippen molar-refractivity contribution in [2.45, 2.75) is 24.1 Å². The number of rotatable bonds is 6. The first-order valence-electron chi connectivity index (χ1n) is 5.57. The molecule has 0 aliphatic heterocycles. The third kappa shape index (κ3) is 3.38. The number of nitrogens with zero attached hydrogens (tertiary/aromatic N) is 2. The van der Waals surface area contributed by atoms with Crippen LogP contribution < -0.4 is 10.5 Å². The molecule has 2 aromatic heterocycles. The molecule has 0 saturated carbocycles. The maximum atomic E-state index is 12.0. The summed E-state index contributed by atoms with van der Waals surface area (Å²) in [6.45, 7) is 2.39. The minimum atomic E-state index is -3.50. The van der Waals surface area contributed by atoms with Crippen molar-refractivity contribution < 1.29 is 12.9 Å². The average molecular weight is 302 g/mol. The number of thiophene rings is 1. The average Bonchev–Trinajstić information content (AvgIpc) is 2.98. The Hall–Kier alpha value is -1.29. The number of aryl methyl sites for hydroxylation is 1. The largest absolute Gasteiger partial charge is 0.340 e. The van der Waals surface area contributed by atoms with Gasteiger partial charge in [-0.25, -0.2) is 13.1 Å². The second kappa shape index (κ2) is 5.78. The van der Waals surface area contributed by atoms with Crippen molar-refractivity contribution in [1.29, 1.82) is 0 Å². The van der Waals surface area contributed by atoms with E-state index in [1.807, 2.05) is 6.92 Å². The van der Waals surface area contributed by atoms with Crippen LogP contribution in [0.2, 0.25) is 0 Å². The molecule has 0 fully saturated rings. The summed E-state index contributed by atoms with van der Waals surface area (Å²) in [5.41, 5.74) is 6.43. The minimum Gasteiger partial charge on any atom is -0.340 e. The first kappa shape index (κ1) is 14.1. The van der Waals surface area contributed by atoms with Gasteiger partial charge in [0, 0.05) is 24.4 Å². The van der Waals surface area contributed by atoms with Crippen LogP contribution in [0.1, 0.15) is 16.3 Å². The molecule has 0 aliphatic rings. The van der Waals surface area contributed by atoms with Crippen LogP contribution in [0.3, 0.4) is 0 Å². The summed E-state index contributed by atoms with van der Waals surface area (Å²) in [7, 11) is -3.50. The van der Waals surface area contributed by atoms with Gasteiger partial charge in [-0.2, -0.15) is 4.98 Å². The summed E-state index contributed by atoms with van der Waals surface area (Å²) < 4.78 is 31.6. The summed E-state index contributed by atoms with van der Waals surface area (Å²) in [6, 6.07) is 1.63. The number of nitrogens with one attached hydrogen (secondary N) is 1. The van der Waals surface area contributed by atoms with E-state index in [0.717, 1.165) is 10.4 Å². The molecule has 3 N–H and O–H groups in total. The molecular formula is C10H14N4O3S2. The van der Waals surface area contributed by atoms with Gasteiger partial charge in [-0.05, 0) is 18.6 Å². The van der Waals surface area contributed by atoms with Crippen LogP contribution in [-0.4, -0.2) is 25.1 Å². The standard InChI is InChI=1S/C10H14N4O3S2/c1-7-4-10(18-8(7)5-11)19(15,16)14-3-2-9-12-6-13-17-9/h4,6,14H,2-3,5,11H2,1H3. The highest BCUT2D eigenvalue weighted by molar-refractivity contribution is 7.91. The molecule has 0 aromatic carbocycles. The number of nitrogens with two attached hydrogens (primary N) is 1. The second-order valence-corrected chi connectivity index (χ2v) is 6.99. The van der Waals surface area contributed by atoms with Crippen LogP contribution in [0.4, 0.5) is 0 Å². The van der Waals surface area contributed by atoms with Crippen LogP contribution in [0.25, 0.3) is 0 Å². The smallest absolute Gasteiger partial charge is 0.250 e. The number of aromatic nitrogens is 2. The first-order chi connectivity index (χ1) is 9.03. The van der Waals surface area contributed by atoms with Gasteiger partial charge in [0.2, 0.25) is 15.9 Å². The molecule has 2 rings (SSSR count). The van der Waals surface area contributed by atoms with Crippen molar-refractivity contribution in [1.82, 2.24) is 14.9 Å². The summed E-state index contributed by atoms with van der Waals surface area (Å²) >= 11 is 1.19. The molecule has 9 heteroatoms. The van der Waals surface area contributed by atoms with Crippen LogP contribution >= 0.6 is 11.3 Å². The molecule has 7 nitrogen and oxygen atoms in total. The van der Waals surface area contributed by atoms with E-state index < -0.39 is 10.0 Å². The molecule has 19 heavy (non-hydrogen) atoms. The molecule has 0 bridgehead atoms. The number of hydrogen-bond donors (Lipinski definition) is 2. The van der Waals surface area contributed by atoms with E-state index in [1.165, 1.54) is 17.7 Å². The minimum absolute atomic E-state index is 0.208. The Labute approximate surface area is 114 Å². The predicted molar refractivity (Wildman–Crippen MR) is 70.1 cm³/mol. The molecule has 0 radical (unpaired) electrons. The van der Waals surface area contributed by atoms with Crippen molar-refractivity contribution in [3.05, 3.63) is 28.7 Å². The van der Waals surface area contributed by atoms with Crippen LogP contribution in [0, 0.1) is 6.92 Å². The lowest BCUT2D eigenvalue weighted by molar-refractivity contribution is 0.377. The fraction of sp³-hybridized carbons (Fsp3) is 0.400. The molecule has 104 valence electrons. The lowest BCUT2D eigenvalue weighted by Crippen LogP contribution is -2.25. The van der Waals surface area contributed by atoms with E-state index in [1.54, 1.807) is 6.07 Å². The highest BCUT2D eigenvalue weighted by atomic mass is 32.2. The van der Waals surface area contributed by atoms with E-state index >= 15 is 0 Å². The molecule has 0 saturated heterocycles. The van der Waals surface area contributed by atoms with Gasteiger partial charge in [-0.1, -0.05) is 5.16 Å². The fourth-order valence-electron chi connectivity index (χ4n) is 1.49. The predicted octanol–water partition coefficient (Wildman–Crippen LogP) is 0.419. The molecule has 0 amide bonds. The molecule has 2 heterocycles. The van der Waals surface area contributed by atoms with Crippen molar-refractivity contribution in [3.8, 4) is 0 Å². The summed E-state index contributed by atoms with van der Waals surface area (Å²) in [5, 5.41) is 3.45. The van der Waals surface area contributed by atoms with Crippen molar-refractivity contribution in [2.24, 2.45) is 5.73 Å². The second-order valence-electron chi connectivity index (χ2n) is 3.86. The Morgan fingerprint density at radius 1 is 1.53 bits per heavy atom. The Morgan fingerprint density at radius 2 is 2.32 bits per heavy atom. The van der Waals surface area contributed by atoms with Gasteiger partial charge in [0.25, 0.3) is 0 Å². The van der Waals surface area contributed by atoms with E-state index in [0.29, 0.717) is 18.9 Å². The Kier molecular flexibility index (Phi) is 4.30. The van der Waals surface area contributed by atoms with E-state index in [2.05, 4.69) is 14.9 Å². The molecule has 0 atom stereocenters. The Bertz CT molecular complexity index is 634. The van der Waals surface area contributed by atoms with Crippen molar-refractivity contribution in [3.63, 3.8) is 0 Å².